The van der Waals surface area contributed by atoms with Crippen molar-refractivity contribution in [2.45, 2.75) is 44.7 Å². The van der Waals surface area contributed by atoms with E-state index in [1.54, 1.807) is 7.11 Å². The minimum atomic E-state index is 0.380. The summed E-state index contributed by atoms with van der Waals surface area (Å²) in [5.41, 5.74) is 2.19. The fourth-order valence-electron chi connectivity index (χ4n) is 2.86. The van der Waals surface area contributed by atoms with Crippen molar-refractivity contribution in [1.29, 1.82) is 0 Å². The number of piperidine rings is 1. The van der Waals surface area contributed by atoms with E-state index in [1.807, 2.05) is 18.7 Å². The van der Waals surface area contributed by atoms with Gasteiger partial charge in [0, 0.05) is 32.3 Å². The van der Waals surface area contributed by atoms with Crippen molar-refractivity contribution in [1.82, 2.24) is 9.78 Å². The fraction of sp³-hybridized carbons (Fsp3) is 0.769. The molecule has 18 heavy (non-hydrogen) atoms. The Bertz CT molecular complexity index is 419. The number of nitrogens with zero attached hydrogens (tertiary/aromatic N) is 3. The molecule has 0 bridgehead atoms. The molecule has 102 valence electrons. The van der Waals surface area contributed by atoms with E-state index >= 15 is 0 Å². The van der Waals surface area contributed by atoms with Gasteiger partial charge >= 0.3 is 0 Å². The zero-order valence-corrected chi connectivity index (χ0v) is 12.4. The summed E-state index contributed by atoms with van der Waals surface area (Å²) >= 11 is 6.07. The Morgan fingerprint density at radius 2 is 2.22 bits per heavy atom. The predicted molar refractivity (Wildman–Crippen MR) is 74.3 cm³/mol. The zero-order chi connectivity index (χ0) is 13.3. The van der Waals surface area contributed by atoms with Gasteiger partial charge in [0.05, 0.1) is 17.7 Å². The van der Waals surface area contributed by atoms with Crippen LogP contribution in [0.5, 0.6) is 0 Å². The number of rotatable bonds is 3. The molecule has 0 amide bonds. The Hall–Kier alpha value is -0.740. The molecule has 1 aromatic heterocycles. The summed E-state index contributed by atoms with van der Waals surface area (Å²) in [6.07, 6.45) is 2.50. The molecule has 0 spiro atoms. The molecule has 5 heteroatoms. The van der Waals surface area contributed by atoms with Gasteiger partial charge in [-0.3, -0.25) is 4.68 Å². The maximum atomic E-state index is 6.07. The molecule has 0 saturated carbocycles. The van der Waals surface area contributed by atoms with Crippen molar-refractivity contribution in [2.24, 2.45) is 7.05 Å². The van der Waals surface area contributed by atoms with Gasteiger partial charge in [-0.15, -0.1) is 11.6 Å². The molecular formula is C13H22ClN3O. The molecule has 0 N–H and O–H groups in total. The highest BCUT2D eigenvalue weighted by Gasteiger charge is 2.29. The first-order chi connectivity index (χ1) is 8.58. The van der Waals surface area contributed by atoms with Crippen LogP contribution in [-0.4, -0.2) is 35.6 Å². The summed E-state index contributed by atoms with van der Waals surface area (Å²) in [5.74, 6) is 1.69. The third kappa shape index (κ3) is 2.36. The van der Waals surface area contributed by atoms with Crippen LogP contribution in [0.1, 0.15) is 31.0 Å². The lowest BCUT2D eigenvalue weighted by atomic mass is 10.00. The number of alkyl halides is 1. The maximum absolute atomic E-state index is 6.07. The number of methoxy groups -OCH3 is 1. The van der Waals surface area contributed by atoms with Gasteiger partial charge in [-0.05, 0) is 26.7 Å². The zero-order valence-electron chi connectivity index (χ0n) is 11.6. The summed E-state index contributed by atoms with van der Waals surface area (Å²) < 4.78 is 7.42. The van der Waals surface area contributed by atoms with Gasteiger partial charge in [-0.1, -0.05) is 0 Å². The highest BCUT2D eigenvalue weighted by molar-refractivity contribution is 6.17. The molecule has 0 aliphatic carbocycles. The summed E-state index contributed by atoms with van der Waals surface area (Å²) in [6.45, 7) is 5.27. The molecule has 1 saturated heterocycles. The first-order valence-electron chi connectivity index (χ1n) is 6.46. The van der Waals surface area contributed by atoms with E-state index in [-0.39, 0.29) is 0 Å². The van der Waals surface area contributed by atoms with Crippen molar-refractivity contribution in [2.75, 3.05) is 18.6 Å². The van der Waals surface area contributed by atoms with E-state index in [0.717, 1.165) is 30.6 Å². The maximum Gasteiger partial charge on any atom is 0.131 e. The smallest absolute Gasteiger partial charge is 0.131 e. The molecule has 2 heterocycles. The Morgan fingerprint density at radius 3 is 2.78 bits per heavy atom. The molecule has 1 aromatic rings. The van der Waals surface area contributed by atoms with Crippen molar-refractivity contribution >= 4 is 17.4 Å². The standard InChI is InChI=1S/C13H22ClN3O/c1-9-7-11(18-4)5-6-17(9)13-12(8-14)10(2)15-16(13)3/h9,11H,5-8H2,1-4H3. The van der Waals surface area contributed by atoms with Crippen LogP contribution in [0.3, 0.4) is 0 Å². The molecule has 4 nitrogen and oxygen atoms in total. The summed E-state index contributed by atoms with van der Waals surface area (Å²) in [5, 5.41) is 4.49. The van der Waals surface area contributed by atoms with Gasteiger partial charge in [0.2, 0.25) is 0 Å². The fourth-order valence-corrected chi connectivity index (χ4v) is 3.18. The van der Waals surface area contributed by atoms with Gasteiger partial charge in [0.25, 0.3) is 0 Å². The number of anilines is 1. The van der Waals surface area contributed by atoms with Crippen LogP contribution in [0.4, 0.5) is 5.82 Å². The molecule has 2 rings (SSSR count). The Labute approximate surface area is 114 Å². The van der Waals surface area contributed by atoms with Crippen LogP contribution >= 0.6 is 11.6 Å². The number of hydrogen-bond donors (Lipinski definition) is 0. The third-order valence-corrected chi connectivity index (χ3v) is 4.15. The largest absolute Gasteiger partial charge is 0.381 e. The van der Waals surface area contributed by atoms with Gasteiger partial charge < -0.3 is 9.64 Å². The minimum absolute atomic E-state index is 0.380. The second kappa shape index (κ2) is 5.49. The average molecular weight is 272 g/mol. The lowest BCUT2D eigenvalue weighted by molar-refractivity contribution is 0.0717. The third-order valence-electron chi connectivity index (χ3n) is 3.88. The molecule has 0 aromatic carbocycles. The van der Waals surface area contributed by atoms with Crippen molar-refractivity contribution in [3.05, 3.63) is 11.3 Å². The summed E-state index contributed by atoms with van der Waals surface area (Å²) in [6, 6.07) is 0.459. The summed E-state index contributed by atoms with van der Waals surface area (Å²) in [7, 11) is 3.79. The van der Waals surface area contributed by atoms with Gasteiger partial charge in [0.15, 0.2) is 0 Å². The van der Waals surface area contributed by atoms with E-state index in [1.165, 1.54) is 5.82 Å². The predicted octanol–water partition coefficient (Wildman–Crippen LogP) is 2.47. The van der Waals surface area contributed by atoms with E-state index in [0.29, 0.717) is 18.0 Å². The Balaban J connectivity index is 2.27. The second-order valence-corrected chi connectivity index (χ2v) is 5.34. The van der Waals surface area contributed by atoms with Crippen LogP contribution < -0.4 is 4.90 Å². The number of aromatic nitrogens is 2. The molecular weight excluding hydrogens is 250 g/mol. The lowest BCUT2D eigenvalue weighted by Gasteiger charge is -2.38. The first-order valence-corrected chi connectivity index (χ1v) is 6.99. The molecule has 1 aliphatic rings. The second-order valence-electron chi connectivity index (χ2n) is 5.07. The summed E-state index contributed by atoms with van der Waals surface area (Å²) in [4.78, 5) is 2.41. The van der Waals surface area contributed by atoms with Crippen LogP contribution in [0.2, 0.25) is 0 Å². The average Bonchev–Trinajstić information content (AvgIpc) is 2.63. The lowest BCUT2D eigenvalue weighted by Crippen LogP contribution is -2.44. The van der Waals surface area contributed by atoms with Crippen LogP contribution in [0.15, 0.2) is 0 Å². The monoisotopic (exact) mass is 271 g/mol. The Kier molecular flexibility index (Phi) is 4.17. The highest BCUT2D eigenvalue weighted by Crippen LogP contribution is 2.31. The highest BCUT2D eigenvalue weighted by atomic mass is 35.5. The molecule has 1 fully saturated rings. The molecule has 1 aliphatic heterocycles. The van der Waals surface area contributed by atoms with Crippen LogP contribution in [-0.2, 0) is 17.7 Å². The number of halogens is 1. The van der Waals surface area contributed by atoms with E-state index in [9.17, 15) is 0 Å². The quantitative estimate of drug-likeness (QED) is 0.791. The van der Waals surface area contributed by atoms with Gasteiger partial charge in [0.1, 0.15) is 5.82 Å². The van der Waals surface area contributed by atoms with E-state index in [4.69, 9.17) is 16.3 Å². The number of hydrogen-bond acceptors (Lipinski definition) is 3. The topological polar surface area (TPSA) is 30.3 Å². The molecule has 0 radical (unpaired) electrons. The number of aryl methyl sites for hydroxylation is 2. The molecule has 2 unspecified atom stereocenters. The normalized spacial score (nSPS) is 24.6. The van der Waals surface area contributed by atoms with E-state index in [2.05, 4.69) is 16.9 Å². The van der Waals surface area contributed by atoms with Crippen molar-refractivity contribution < 1.29 is 4.74 Å². The van der Waals surface area contributed by atoms with E-state index < -0.39 is 0 Å². The van der Waals surface area contributed by atoms with Crippen molar-refractivity contribution in [3.63, 3.8) is 0 Å². The van der Waals surface area contributed by atoms with Crippen LogP contribution in [0, 0.1) is 6.92 Å². The Morgan fingerprint density at radius 1 is 1.50 bits per heavy atom. The minimum Gasteiger partial charge on any atom is -0.381 e. The van der Waals surface area contributed by atoms with Gasteiger partial charge in [-0.2, -0.15) is 5.10 Å². The molecule has 2 atom stereocenters. The number of ether oxygens (including phenoxy) is 1. The SMILES string of the molecule is COC1CCN(c2c(CCl)c(C)nn2C)C(C)C1. The first kappa shape index (κ1) is 13.7. The van der Waals surface area contributed by atoms with Crippen molar-refractivity contribution in [3.8, 4) is 0 Å². The van der Waals surface area contributed by atoms with Gasteiger partial charge in [-0.25, -0.2) is 0 Å². The van der Waals surface area contributed by atoms with Crippen LogP contribution in [0.25, 0.3) is 0 Å².